The predicted molar refractivity (Wildman–Crippen MR) is 67.5 cm³/mol. The van der Waals surface area contributed by atoms with Crippen LogP contribution in [0.25, 0.3) is 10.6 Å². The van der Waals surface area contributed by atoms with Crippen molar-refractivity contribution in [2.75, 3.05) is 0 Å². The molecule has 0 bridgehead atoms. The molecular weight excluding hydrogens is 234 g/mol. The first-order chi connectivity index (χ1) is 8.04. The van der Waals surface area contributed by atoms with Crippen molar-refractivity contribution >= 4 is 11.3 Å². The minimum Gasteiger partial charge on any atom is -0.306 e. The van der Waals surface area contributed by atoms with E-state index in [2.05, 4.69) is 46.5 Å². The summed E-state index contributed by atoms with van der Waals surface area (Å²) >= 11 is 1.57. The molecule has 0 aromatic carbocycles. The fourth-order valence-electron chi connectivity index (χ4n) is 1.20. The highest BCUT2D eigenvalue weighted by Crippen LogP contribution is 2.22. The minimum absolute atomic E-state index is 0.0874. The van der Waals surface area contributed by atoms with Gasteiger partial charge in [0.05, 0.1) is 18.9 Å². The Bertz CT molecular complexity index is 474. The Labute approximate surface area is 104 Å². The fraction of sp³-hybridized carbons (Fsp3) is 0.455. The van der Waals surface area contributed by atoms with Crippen molar-refractivity contribution in [2.24, 2.45) is 0 Å². The number of hydrogen-bond acceptors (Lipinski definition) is 6. The Balaban J connectivity index is 2.07. The van der Waals surface area contributed by atoms with E-state index in [1.54, 1.807) is 23.7 Å². The number of nitrogens with zero attached hydrogens (tertiary/aromatic N) is 4. The maximum absolute atomic E-state index is 4.15. The standard InChI is InChI=1S/C11H15N5S/c1-11(2,3)12-7-9-15-16-10(17-9)8-4-5-13-14-6-8/h4-6,12H,7H2,1-3H3. The van der Waals surface area contributed by atoms with Crippen LogP contribution in [0.1, 0.15) is 25.8 Å². The third kappa shape index (κ3) is 3.54. The van der Waals surface area contributed by atoms with Crippen LogP contribution in [0.5, 0.6) is 0 Å². The van der Waals surface area contributed by atoms with E-state index >= 15 is 0 Å². The molecule has 0 aliphatic rings. The van der Waals surface area contributed by atoms with Gasteiger partial charge in [-0.05, 0) is 26.8 Å². The molecule has 1 N–H and O–H groups in total. The first-order valence-electron chi connectivity index (χ1n) is 5.39. The average Bonchev–Trinajstić information content (AvgIpc) is 2.75. The minimum atomic E-state index is 0.0874. The van der Waals surface area contributed by atoms with Gasteiger partial charge in [-0.3, -0.25) is 0 Å². The second kappa shape index (κ2) is 4.85. The van der Waals surface area contributed by atoms with Crippen molar-refractivity contribution in [1.82, 2.24) is 25.7 Å². The first-order valence-corrected chi connectivity index (χ1v) is 6.21. The number of rotatable bonds is 3. The largest absolute Gasteiger partial charge is 0.306 e. The number of aromatic nitrogens is 4. The summed E-state index contributed by atoms with van der Waals surface area (Å²) in [4.78, 5) is 0. The average molecular weight is 249 g/mol. The van der Waals surface area contributed by atoms with Crippen LogP contribution in [-0.2, 0) is 6.54 Å². The topological polar surface area (TPSA) is 63.6 Å². The molecule has 5 nitrogen and oxygen atoms in total. The Kier molecular flexibility index (Phi) is 3.44. The first kappa shape index (κ1) is 12.1. The van der Waals surface area contributed by atoms with Crippen molar-refractivity contribution in [3.8, 4) is 10.6 Å². The molecule has 6 heteroatoms. The highest BCUT2D eigenvalue weighted by atomic mass is 32.1. The summed E-state index contributed by atoms with van der Waals surface area (Å²) in [6.07, 6.45) is 3.35. The smallest absolute Gasteiger partial charge is 0.149 e. The van der Waals surface area contributed by atoms with Crippen LogP contribution in [0, 0.1) is 0 Å². The van der Waals surface area contributed by atoms with Crippen molar-refractivity contribution < 1.29 is 0 Å². The van der Waals surface area contributed by atoms with Gasteiger partial charge in [-0.15, -0.1) is 10.2 Å². The molecule has 0 fully saturated rings. The van der Waals surface area contributed by atoms with E-state index < -0.39 is 0 Å². The van der Waals surface area contributed by atoms with Crippen LogP contribution >= 0.6 is 11.3 Å². The summed E-state index contributed by atoms with van der Waals surface area (Å²) in [5, 5.41) is 21.1. The molecule has 0 aliphatic carbocycles. The van der Waals surface area contributed by atoms with Gasteiger partial charge in [0.25, 0.3) is 0 Å². The van der Waals surface area contributed by atoms with Crippen molar-refractivity contribution in [1.29, 1.82) is 0 Å². The third-order valence-electron chi connectivity index (χ3n) is 2.07. The molecule has 0 radical (unpaired) electrons. The third-order valence-corrected chi connectivity index (χ3v) is 3.04. The van der Waals surface area contributed by atoms with E-state index in [-0.39, 0.29) is 5.54 Å². The SMILES string of the molecule is CC(C)(C)NCc1nnc(-c2ccnnc2)s1. The molecule has 0 saturated carbocycles. The lowest BCUT2D eigenvalue weighted by Gasteiger charge is -2.19. The Hall–Kier alpha value is -1.40. The van der Waals surface area contributed by atoms with Gasteiger partial charge >= 0.3 is 0 Å². The number of nitrogens with one attached hydrogen (secondary N) is 1. The normalized spacial score (nSPS) is 11.7. The Morgan fingerprint density at radius 1 is 1.24 bits per heavy atom. The number of hydrogen-bond donors (Lipinski definition) is 1. The van der Waals surface area contributed by atoms with Crippen LogP contribution in [0.2, 0.25) is 0 Å². The highest BCUT2D eigenvalue weighted by molar-refractivity contribution is 7.14. The molecule has 0 unspecified atom stereocenters. The summed E-state index contributed by atoms with van der Waals surface area (Å²) < 4.78 is 0. The maximum Gasteiger partial charge on any atom is 0.149 e. The van der Waals surface area contributed by atoms with Gasteiger partial charge in [0, 0.05) is 11.1 Å². The van der Waals surface area contributed by atoms with E-state index in [0.717, 1.165) is 22.1 Å². The van der Waals surface area contributed by atoms with Crippen molar-refractivity contribution in [2.45, 2.75) is 32.9 Å². The van der Waals surface area contributed by atoms with Gasteiger partial charge in [0.15, 0.2) is 0 Å². The van der Waals surface area contributed by atoms with Crippen LogP contribution < -0.4 is 5.32 Å². The van der Waals surface area contributed by atoms with Crippen molar-refractivity contribution in [3.63, 3.8) is 0 Å². The summed E-state index contributed by atoms with van der Waals surface area (Å²) in [7, 11) is 0. The van der Waals surface area contributed by atoms with Gasteiger partial charge in [-0.2, -0.15) is 10.2 Å². The summed E-state index contributed by atoms with van der Waals surface area (Å²) in [6, 6.07) is 1.88. The molecule has 0 aliphatic heterocycles. The zero-order chi connectivity index (χ0) is 12.3. The summed E-state index contributed by atoms with van der Waals surface area (Å²) in [5.41, 5.74) is 1.05. The van der Waals surface area contributed by atoms with Crippen LogP contribution in [0.3, 0.4) is 0 Å². The Morgan fingerprint density at radius 2 is 2.06 bits per heavy atom. The second-order valence-electron chi connectivity index (χ2n) is 4.74. The van der Waals surface area contributed by atoms with Crippen LogP contribution in [0.4, 0.5) is 0 Å². The molecule has 90 valence electrons. The van der Waals surface area contributed by atoms with Gasteiger partial charge in [-0.25, -0.2) is 0 Å². The molecule has 2 aromatic heterocycles. The second-order valence-corrected chi connectivity index (χ2v) is 5.80. The zero-order valence-electron chi connectivity index (χ0n) is 10.1. The zero-order valence-corrected chi connectivity index (χ0v) is 11.0. The lowest BCUT2D eigenvalue weighted by molar-refractivity contribution is 0.423. The van der Waals surface area contributed by atoms with E-state index in [1.807, 2.05) is 6.07 Å². The lowest BCUT2D eigenvalue weighted by Crippen LogP contribution is -2.35. The van der Waals surface area contributed by atoms with E-state index in [1.165, 1.54) is 0 Å². The molecule has 0 atom stereocenters. The van der Waals surface area contributed by atoms with Gasteiger partial charge in [0.2, 0.25) is 0 Å². The quantitative estimate of drug-likeness (QED) is 0.900. The summed E-state index contributed by atoms with van der Waals surface area (Å²) in [5.74, 6) is 0. The molecular formula is C11H15N5S. The van der Waals surface area contributed by atoms with Crippen molar-refractivity contribution in [3.05, 3.63) is 23.5 Å². The van der Waals surface area contributed by atoms with E-state index in [9.17, 15) is 0 Å². The molecule has 0 spiro atoms. The monoisotopic (exact) mass is 249 g/mol. The molecule has 17 heavy (non-hydrogen) atoms. The van der Waals surface area contributed by atoms with Crippen LogP contribution in [0.15, 0.2) is 18.5 Å². The van der Waals surface area contributed by atoms with E-state index in [4.69, 9.17) is 0 Å². The fourth-order valence-corrected chi connectivity index (χ4v) is 1.97. The van der Waals surface area contributed by atoms with Gasteiger partial charge in [-0.1, -0.05) is 11.3 Å². The Morgan fingerprint density at radius 3 is 2.71 bits per heavy atom. The lowest BCUT2D eigenvalue weighted by atomic mass is 10.1. The molecule has 0 saturated heterocycles. The van der Waals surface area contributed by atoms with Crippen LogP contribution in [-0.4, -0.2) is 25.9 Å². The summed E-state index contributed by atoms with van der Waals surface area (Å²) in [6.45, 7) is 7.12. The highest BCUT2D eigenvalue weighted by Gasteiger charge is 2.11. The molecule has 2 heterocycles. The predicted octanol–water partition coefficient (Wildman–Crippen LogP) is 1.88. The van der Waals surface area contributed by atoms with Gasteiger partial charge < -0.3 is 5.32 Å². The van der Waals surface area contributed by atoms with E-state index in [0.29, 0.717) is 0 Å². The molecule has 2 rings (SSSR count). The molecule has 2 aromatic rings. The maximum atomic E-state index is 4.15. The van der Waals surface area contributed by atoms with Gasteiger partial charge in [0.1, 0.15) is 10.0 Å². The molecule has 0 amide bonds.